The van der Waals surface area contributed by atoms with Crippen molar-refractivity contribution in [3.8, 4) is 11.5 Å². The molecular formula is C15H16O4. The minimum absolute atomic E-state index is 0.0763. The van der Waals surface area contributed by atoms with Gasteiger partial charge in [0.05, 0.1) is 7.11 Å². The molecule has 0 N–H and O–H groups in total. The van der Waals surface area contributed by atoms with E-state index in [1.54, 1.807) is 24.3 Å². The molecule has 0 saturated heterocycles. The van der Waals surface area contributed by atoms with Gasteiger partial charge in [0.15, 0.2) is 17.3 Å². The minimum Gasteiger partial charge on any atom is -0.493 e. The van der Waals surface area contributed by atoms with Gasteiger partial charge >= 0.3 is 5.97 Å². The van der Waals surface area contributed by atoms with Crippen molar-refractivity contribution in [1.29, 1.82) is 0 Å². The van der Waals surface area contributed by atoms with Crippen molar-refractivity contribution in [2.75, 3.05) is 7.11 Å². The van der Waals surface area contributed by atoms with Crippen LogP contribution in [0, 0.1) is 11.3 Å². The molecule has 4 nitrogen and oxygen atoms in total. The van der Waals surface area contributed by atoms with Crippen molar-refractivity contribution < 1.29 is 19.1 Å². The summed E-state index contributed by atoms with van der Waals surface area (Å²) in [7, 11) is 1.52. The smallest absolute Gasteiger partial charge is 0.325 e. The average Bonchev–Trinajstić information content (AvgIpc) is 3.31. The van der Waals surface area contributed by atoms with E-state index in [2.05, 4.69) is 0 Å². The van der Waals surface area contributed by atoms with Gasteiger partial charge in [0.1, 0.15) is 5.41 Å². The van der Waals surface area contributed by atoms with Crippen LogP contribution in [0.25, 0.3) is 0 Å². The Morgan fingerprint density at radius 3 is 2.32 bits per heavy atom. The Balaban J connectivity index is 1.76. The van der Waals surface area contributed by atoms with E-state index in [9.17, 15) is 9.59 Å². The van der Waals surface area contributed by atoms with Crippen molar-refractivity contribution in [2.45, 2.75) is 25.7 Å². The van der Waals surface area contributed by atoms with E-state index >= 15 is 0 Å². The molecule has 1 aromatic carbocycles. The summed E-state index contributed by atoms with van der Waals surface area (Å²) in [6, 6.07) is 6.98. The second-order valence-electron chi connectivity index (χ2n) is 5.26. The lowest BCUT2D eigenvalue weighted by Crippen LogP contribution is -2.31. The molecule has 0 unspecified atom stereocenters. The van der Waals surface area contributed by atoms with Gasteiger partial charge < -0.3 is 9.47 Å². The van der Waals surface area contributed by atoms with E-state index in [0.717, 1.165) is 12.8 Å². The molecule has 0 spiro atoms. The summed E-state index contributed by atoms with van der Waals surface area (Å²) in [5.74, 6) is 0.629. The fourth-order valence-corrected chi connectivity index (χ4v) is 2.31. The van der Waals surface area contributed by atoms with Crippen LogP contribution in [0.15, 0.2) is 24.3 Å². The van der Waals surface area contributed by atoms with E-state index < -0.39 is 11.4 Å². The van der Waals surface area contributed by atoms with Crippen LogP contribution in [0.5, 0.6) is 11.5 Å². The molecule has 0 amide bonds. The lowest BCUT2D eigenvalue weighted by atomic mass is 9.97. The Morgan fingerprint density at radius 1 is 1.16 bits per heavy atom. The Hall–Kier alpha value is -1.84. The summed E-state index contributed by atoms with van der Waals surface area (Å²) in [6.07, 6.45) is 3.08. The number of esters is 1. The topological polar surface area (TPSA) is 52.6 Å². The quantitative estimate of drug-likeness (QED) is 0.463. The lowest BCUT2D eigenvalue weighted by Gasteiger charge is -2.14. The molecule has 2 fully saturated rings. The zero-order valence-corrected chi connectivity index (χ0v) is 10.8. The van der Waals surface area contributed by atoms with Gasteiger partial charge in [-0.05, 0) is 37.8 Å². The number of ketones is 1. The zero-order valence-electron chi connectivity index (χ0n) is 10.8. The van der Waals surface area contributed by atoms with E-state index in [-0.39, 0.29) is 11.7 Å². The molecule has 19 heavy (non-hydrogen) atoms. The van der Waals surface area contributed by atoms with E-state index in [1.165, 1.54) is 7.11 Å². The number of Topliss-reactive ketones (excluding diaryl/α,β-unsaturated/α-hetero) is 1. The number of rotatable bonds is 5. The van der Waals surface area contributed by atoms with Gasteiger partial charge in [-0.3, -0.25) is 9.59 Å². The van der Waals surface area contributed by atoms with Crippen molar-refractivity contribution in [3.05, 3.63) is 24.3 Å². The molecule has 2 aliphatic rings. The fraction of sp³-hybridized carbons (Fsp3) is 0.467. The Morgan fingerprint density at radius 2 is 1.79 bits per heavy atom. The number of ether oxygens (including phenoxy) is 2. The van der Waals surface area contributed by atoms with Crippen LogP contribution in [0.3, 0.4) is 0 Å². The van der Waals surface area contributed by atoms with Crippen LogP contribution in [0.1, 0.15) is 25.7 Å². The molecular weight excluding hydrogens is 244 g/mol. The number of carbonyl (C=O) groups excluding carboxylic acids is 2. The van der Waals surface area contributed by atoms with Gasteiger partial charge in [-0.2, -0.15) is 0 Å². The number of hydrogen-bond acceptors (Lipinski definition) is 4. The molecule has 1 aromatic rings. The van der Waals surface area contributed by atoms with Gasteiger partial charge in [0, 0.05) is 5.92 Å². The third-order valence-electron chi connectivity index (χ3n) is 3.83. The molecule has 0 aromatic heterocycles. The first-order valence-corrected chi connectivity index (χ1v) is 6.57. The molecule has 2 aliphatic carbocycles. The Bertz CT molecular complexity index is 527. The molecule has 4 heteroatoms. The summed E-state index contributed by atoms with van der Waals surface area (Å²) in [5.41, 5.74) is -0.859. The van der Waals surface area contributed by atoms with E-state index in [1.807, 2.05) is 0 Å². The minimum atomic E-state index is -0.859. The van der Waals surface area contributed by atoms with Gasteiger partial charge in [-0.25, -0.2) is 0 Å². The van der Waals surface area contributed by atoms with E-state index in [0.29, 0.717) is 24.3 Å². The first-order chi connectivity index (χ1) is 9.17. The maximum atomic E-state index is 12.2. The van der Waals surface area contributed by atoms with Crippen LogP contribution in [-0.2, 0) is 9.59 Å². The summed E-state index contributed by atoms with van der Waals surface area (Å²) < 4.78 is 10.5. The van der Waals surface area contributed by atoms with E-state index in [4.69, 9.17) is 9.47 Å². The average molecular weight is 260 g/mol. The number of methoxy groups -OCH3 is 1. The number of carbonyl (C=O) groups is 2. The molecule has 0 aliphatic heterocycles. The van der Waals surface area contributed by atoms with Gasteiger partial charge in [0.2, 0.25) is 0 Å². The predicted octanol–water partition coefficient (Wildman–Crippen LogP) is 2.36. The monoisotopic (exact) mass is 260 g/mol. The zero-order chi connectivity index (χ0) is 13.5. The summed E-state index contributed by atoms with van der Waals surface area (Å²) in [6.45, 7) is 0. The number of benzene rings is 1. The normalized spacial score (nSPS) is 19.6. The maximum absolute atomic E-state index is 12.2. The van der Waals surface area contributed by atoms with Crippen molar-refractivity contribution in [2.24, 2.45) is 11.3 Å². The first kappa shape index (κ1) is 12.2. The Labute approximate surface area is 111 Å². The van der Waals surface area contributed by atoms with Gasteiger partial charge in [-0.15, -0.1) is 0 Å². The number of para-hydroxylation sites is 2. The highest BCUT2D eigenvalue weighted by Gasteiger charge is 2.60. The standard InChI is InChI=1S/C15H16O4/c1-18-11-4-2-3-5-12(11)19-14(17)15(8-9-15)13(16)10-6-7-10/h2-5,10H,6-9H2,1H3. The second-order valence-corrected chi connectivity index (χ2v) is 5.26. The fourth-order valence-electron chi connectivity index (χ4n) is 2.31. The van der Waals surface area contributed by atoms with Crippen molar-refractivity contribution >= 4 is 11.8 Å². The van der Waals surface area contributed by atoms with Crippen LogP contribution in [-0.4, -0.2) is 18.9 Å². The van der Waals surface area contributed by atoms with Crippen LogP contribution >= 0.6 is 0 Å². The highest BCUT2D eigenvalue weighted by atomic mass is 16.6. The highest BCUT2D eigenvalue weighted by molar-refractivity contribution is 6.09. The molecule has 0 heterocycles. The molecule has 2 saturated carbocycles. The summed E-state index contributed by atoms with van der Waals surface area (Å²) in [4.78, 5) is 24.4. The highest BCUT2D eigenvalue weighted by Crippen LogP contribution is 2.53. The molecule has 3 rings (SSSR count). The molecule has 0 atom stereocenters. The molecule has 0 bridgehead atoms. The molecule has 0 radical (unpaired) electrons. The third kappa shape index (κ3) is 2.11. The number of hydrogen-bond donors (Lipinski definition) is 0. The summed E-state index contributed by atoms with van der Waals surface area (Å²) >= 11 is 0. The maximum Gasteiger partial charge on any atom is 0.325 e. The SMILES string of the molecule is COc1ccccc1OC(=O)C1(C(=O)C2CC2)CC1. The van der Waals surface area contributed by atoms with Crippen molar-refractivity contribution in [1.82, 2.24) is 0 Å². The third-order valence-corrected chi connectivity index (χ3v) is 3.83. The van der Waals surface area contributed by atoms with Crippen LogP contribution in [0.4, 0.5) is 0 Å². The largest absolute Gasteiger partial charge is 0.493 e. The van der Waals surface area contributed by atoms with Crippen LogP contribution < -0.4 is 9.47 Å². The van der Waals surface area contributed by atoms with Gasteiger partial charge in [-0.1, -0.05) is 12.1 Å². The Kier molecular flexibility index (Phi) is 2.81. The predicted molar refractivity (Wildman–Crippen MR) is 68.0 cm³/mol. The molecule has 100 valence electrons. The lowest BCUT2D eigenvalue weighted by molar-refractivity contribution is -0.146. The van der Waals surface area contributed by atoms with Crippen LogP contribution in [0.2, 0.25) is 0 Å². The first-order valence-electron chi connectivity index (χ1n) is 6.57. The second kappa shape index (κ2) is 4.37. The van der Waals surface area contributed by atoms with Crippen molar-refractivity contribution in [3.63, 3.8) is 0 Å². The summed E-state index contributed by atoms with van der Waals surface area (Å²) in [5, 5.41) is 0. The van der Waals surface area contributed by atoms with Gasteiger partial charge in [0.25, 0.3) is 0 Å².